The third kappa shape index (κ3) is 1.54. The Balaban J connectivity index is 3.27. The zero-order valence-electron chi connectivity index (χ0n) is 6.69. The van der Waals surface area contributed by atoms with Crippen LogP contribution < -0.4 is 5.46 Å². The minimum atomic E-state index is -1.58. The average molecular weight is 164 g/mol. The third-order valence-electron chi connectivity index (χ3n) is 1.75. The second-order valence-corrected chi connectivity index (χ2v) is 2.57. The quantitative estimate of drug-likeness (QED) is 0.457. The molecule has 3 nitrogen and oxygen atoms in total. The zero-order chi connectivity index (χ0) is 9.14. The topological polar surface area (TPSA) is 57.5 Å². The van der Waals surface area contributed by atoms with Crippen molar-refractivity contribution >= 4 is 18.9 Å². The molecule has 0 radical (unpaired) electrons. The molecule has 0 aliphatic carbocycles. The van der Waals surface area contributed by atoms with Crippen LogP contribution in [-0.2, 0) is 0 Å². The lowest BCUT2D eigenvalue weighted by atomic mass is 9.76. The summed E-state index contributed by atoms with van der Waals surface area (Å²) in [5.41, 5.74) is 1.35. The van der Waals surface area contributed by atoms with E-state index in [0.29, 0.717) is 11.8 Å². The van der Waals surface area contributed by atoms with Crippen molar-refractivity contribution in [2.24, 2.45) is 0 Å². The summed E-state index contributed by atoms with van der Waals surface area (Å²) in [7, 11) is -1.58. The van der Waals surface area contributed by atoms with E-state index >= 15 is 0 Å². The number of aldehydes is 1. The second kappa shape index (κ2) is 3.52. The molecular weight excluding hydrogens is 155 g/mol. The van der Waals surface area contributed by atoms with E-state index in [1.54, 1.807) is 19.1 Å². The van der Waals surface area contributed by atoms with E-state index in [0.717, 1.165) is 5.56 Å². The predicted octanol–water partition coefficient (Wildman–Crippen LogP) is -0.513. The highest BCUT2D eigenvalue weighted by Gasteiger charge is 2.15. The van der Waals surface area contributed by atoms with Crippen LogP contribution >= 0.6 is 0 Å². The molecule has 0 heterocycles. The minimum Gasteiger partial charge on any atom is -0.423 e. The number of hydrogen-bond donors (Lipinski definition) is 2. The van der Waals surface area contributed by atoms with Crippen molar-refractivity contribution < 1.29 is 14.8 Å². The molecule has 0 spiro atoms. The van der Waals surface area contributed by atoms with E-state index in [-0.39, 0.29) is 5.46 Å². The molecule has 1 aromatic carbocycles. The Bertz CT molecular complexity index is 296. The highest BCUT2D eigenvalue weighted by Crippen LogP contribution is 2.01. The highest BCUT2D eigenvalue weighted by molar-refractivity contribution is 6.60. The van der Waals surface area contributed by atoms with Gasteiger partial charge in [-0.25, -0.2) is 0 Å². The summed E-state index contributed by atoms with van der Waals surface area (Å²) in [5.74, 6) is 0. The fourth-order valence-corrected chi connectivity index (χ4v) is 1.09. The molecule has 1 aromatic rings. The van der Waals surface area contributed by atoms with Gasteiger partial charge < -0.3 is 10.0 Å². The van der Waals surface area contributed by atoms with Crippen LogP contribution in [0.4, 0.5) is 0 Å². The first-order chi connectivity index (χ1) is 5.66. The molecule has 2 N–H and O–H groups in total. The Morgan fingerprint density at radius 1 is 1.42 bits per heavy atom. The lowest BCUT2D eigenvalue weighted by Crippen LogP contribution is -2.33. The minimum absolute atomic E-state index is 0.255. The molecule has 1 rings (SSSR count). The van der Waals surface area contributed by atoms with Gasteiger partial charge in [-0.3, -0.25) is 4.79 Å². The van der Waals surface area contributed by atoms with Crippen LogP contribution in [0.3, 0.4) is 0 Å². The lowest BCUT2D eigenvalue weighted by Gasteiger charge is -2.04. The van der Waals surface area contributed by atoms with Gasteiger partial charge in [0, 0.05) is 5.56 Å². The van der Waals surface area contributed by atoms with E-state index in [9.17, 15) is 4.79 Å². The second-order valence-electron chi connectivity index (χ2n) is 2.57. The maximum Gasteiger partial charge on any atom is 0.489 e. The number of benzene rings is 1. The van der Waals surface area contributed by atoms with Crippen molar-refractivity contribution in [1.82, 2.24) is 0 Å². The largest absolute Gasteiger partial charge is 0.489 e. The molecule has 0 amide bonds. The molecule has 0 atom stereocenters. The highest BCUT2D eigenvalue weighted by atomic mass is 16.4. The van der Waals surface area contributed by atoms with Crippen LogP contribution in [0.1, 0.15) is 15.9 Å². The molecule has 0 aromatic heterocycles. The van der Waals surface area contributed by atoms with Crippen LogP contribution in [0.15, 0.2) is 18.2 Å². The van der Waals surface area contributed by atoms with Crippen LogP contribution in [0, 0.1) is 6.92 Å². The Morgan fingerprint density at radius 3 is 2.50 bits per heavy atom. The Morgan fingerprint density at radius 2 is 2.08 bits per heavy atom. The van der Waals surface area contributed by atoms with Gasteiger partial charge in [0.15, 0.2) is 0 Å². The summed E-state index contributed by atoms with van der Waals surface area (Å²) < 4.78 is 0. The van der Waals surface area contributed by atoms with Crippen LogP contribution in [0.25, 0.3) is 0 Å². The van der Waals surface area contributed by atoms with Crippen LogP contribution in [0.5, 0.6) is 0 Å². The normalized spacial score (nSPS) is 9.58. The molecule has 0 fully saturated rings. The van der Waals surface area contributed by atoms with Crippen molar-refractivity contribution in [2.45, 2.75) is 6.92 Å². The monoisotopic (exact) mass is 164 g/mol. The van der Waals surface area contributed by atoms with Gasteiger partial charge in [0.05, 0.1) is 0 Å². The van der Waals surface area contributed by atoms with Crippen molar-refractivity contribution in [3.63, 3.8) is 0 Å². The van der Waals surface area contributed by atoms with Crippen LogP contribution in [0.2, 0.25) is 0 Å². The van der Waals surface area contributed by atoms with Gasteiger partial charge in [0.2, 0.25) is 0 Å². The van der Waals surface area contributed by atoms with Gasteiger partial charge in [-0.15, -0.1) is 0 Å². The summed E-state index contributed by atoms with van der Waals surface area (Å²) in [6, 6.07) is 4.94. The van der Waals surface area contributed by atoms with Crippen molar-refractivity contribution in [3.05, 3.63) is 29.3 Å². The molecule has 0 unspecified atom stereocenters. The van der Waals surface area contributed by atoms with Crippen molar-refractivity contribution in [1.29, 1.82) is 0 Å². The SMILES string of the molecule is Cc1cccc(B(O)O)c1C=O. The van der Waals surface area contributed by atoms with Gasteiger partial charge in [-0.1, -0.05) is 18.2 Å². The van der Waals surface area contributed by atoms with Gasteiger partial charge in [0.25, 0.3) is 0 Å². The van der Waals surface area contributed by atoms with Crippen molar-refractivity contribution in [3.8, 4) is 0 Å². The fraction of sp³-hybridized carbons (Fsp3) is 0.125. The Hall–Kier alpha value is -1.13. The molecule has 0 aliphatic rings. The smallest absolute Gasteiger partial charge is 0.423 e. The summed E-state index contributed by atoms with van der Waals surface area (Å²) in [4.78, 5) is 10.5. The van der Waals surface area contributed by atoms with E-state index in [1.807, 2.05) is 0 Å². The average Bonchev–Trinajstić information content (AvgIpc) is 2.03. The van der Waals surface area contributed by atoms with E-state index in [2.05, 4.69) is 0 Å². The Kier molecular flexibility index (Phi) is 2.63. The summed E-state index contributed by atoms with van der Waals surface area (Å²) in [5, 5.41) is 17.7. The molecule has 0 saturated carbocycles. The lowest BCUT2D eigenvalue weighted by molar-refractivity contribution is 0.112. The first-order valence-corrected chi connectivity index (χ1v) is 3.57. The summed E-state index contributed by atoms with van der Waals surface area (Å²) in [6.07, 6.45) is 0.629. The van der Waals surface area contributed by atoms with Gasteiger partial charge in [-0.05, 0) is 17.9 Å². The number of carbonyl (C=O) groups excluding carboxylic acids is 1. The molecule has 12 heavy (non-hydrogen) atoms. The van der Waals surface area contributed by atoms with Gasteiger partial charge in [-0.2, -0.15) is 0 Å². The van der Waals surface area contributed by atoms with E-state index in [1.165, 1.54) is 6.07 Å². The molecule has 4 heteroatoms. The molecule has 0 aliphatic heterocycles. The maximum atomic E-state index is 10.5. The number of carbonyl (C=O) groups is 1. The van der Waals surface area contributed by atoms with E-state index in [4.69, 9.17) is 10.0 Å². The Labute approximate surface area is 70.8 Å². The summed E-state index contributed by atoms with van der Waals surface area (Å²) in [6.45, 7) is 1.75. The number of hydrogen-bond acceptors (Lipinski definition) is 3. The zero-order valence-corrected chi connectivity index (χ0v) is 6.69. The first kappa shape index (κ1) is 8.97. The van der Waals surface area contributed by atoms with E-state index < -0.39 is 7.12 Å². The van der Waals surface area contributed by atoms with Gasteiger partial charge >= 0.3 is 7.12 Å². The number of rotatable bonds is 2. The third-order valence-corrected chi connectivity index (χ3v) is 1.75. The standard InChI is InChI=1S/C8H9BO3/c1-6-3-2-4-8(9(11)12)7(6)5-10/h2-5,11-12H,1H3. The predicted molar refractivity (Wildman–Crippen MR) is 46.4 cm³/mol. The fourth-order valence-electron chi connectivity index (χ4n) is 1.09. The van der Waals surface area contributed by atoms with Crippen molar-refractivity contribution in [2.75, 3.05) is 0 Å². The number of aryl methyl sites for hydroxylation is 1. The van der Waals surface area contributed by atoms with Gasteiger partial charge in [0.1, 0.15) is 6.29 Å². The maximum absolute atomic E-state index is 10.5. The summed E-state index contributed by atoms with van der Waals surface area (Å²) >= 11 is 0. The molecule has 0 bridgehead atoms. The molecular formula is C8H9BO3. The first-order valence-electron chi connectivity index (χ1n) is 3.57. The molecule has 0 saturated heterocycles. The van der Waals surface area contributed by atoms with Crippen LogP contribution in [-0.4, -0.2) is 23.5 Å². The molecule has 62 valence electrons.